The Morgan fingerprint density at radius 2 is 1.45 bits per heavy atom. The largest absolute Gasteiger partial charge is 0.453 e. The number of piperazine rings is 1. The van der Waals surface area contributed by atoms with E-state index >= 15 is 0 Å². The molecule has 0 radical (unpaired) electrons. The third kappa shape index (κ3) is 9.34. The number of imidazole rings is 2. The molecule has 4 heterocycles. The van der Waals surface area contributed by atoms with E-state index in [0.717, 1.165) is 40.6 Å². The number of hydrogen-bond donors (Lipinski definition) is 4. The highest BCUT2D eigenvalue weighted by atomic mass is 16.5. The molecular weight excluding hydrogens is 795 g/mol. The molecule has 3 aromatic carbocycles. The second-order valence-electron chi connectivity index (χ2n) is 15.4. The van der Waals surface area contributed by atoms with Gasteiger partial charge in [-0.3, -0.25) is 9.59 Å². The van der Waals surface area contributed by atoms with E-state index in [-0.39, 0.29) is 43.4 Å². The van der Waals surface area contributed by atoms with Crippen molar-refractivity contribution in [3.63, 3.8) is 0 Å². The van der Waals surface area contributed by atoms with Gasteiger partial charge in [-0.15, -0.1) is 0 Å². The molecule has 2 aliphatic rings. The van der Waals surface area contributed by atoms with Gasteiger partial charge in [-0.05, 0) is 60.2 Å². The van der Waals surface area contributed by atoms with Crippen LogP contribution in [0, 0.1) is 17.8 Å². The minimum absolute atomic E-state index is 0.138. The molecule has 0 unspecified atom stereocenters. The third-order valence-corrected chi connectivity index (χ3v) is 11.1. The Balaban J connectivity index is 1.05. The highest BCUT2D eigenvalue weighted by molar-refractivity contribution is 5.88. The summed E-state index contributed by atoms with van der Waals surface area (Å²) in [7, 11) is 3.82. The van der Waals surface area contributed by atoms with Crippen LogP contribution in [0.15, 0.2) is 79.0 Å². The Bertz CT molecular complexity index is 2490. The number of carbonyl (C=O) groups is 5. The fourth-order valence-electron chi connectivity index (χ4n) is 7.84. The monoisotopic (exact) mass is 843 g/mol. The molecule has 2 aromatic heterocycles. The van der Waals surface area contributed by atoms with Crippen LogP contribution in [0.25, 0.3) is 22.3 Å². The number of nitrogens with one attached hydrogen (secondary N) is 4. The number of carbonyl (C=O) groups excluding carboxylic acids is 5. The van der Waals surface area contributed by atoms with Crippen molar-refractivity contribution >= 4 is 41.1 Å². The number of nitrogens with zero attached hydrogens (tertiary/aromatic N) is 5. The maximum Gasteiger partial charge on any atom is 0.409 e. The summed E-state index contributed by atoms with van der Waals surface area (Å²) in [5.41, 5.74) is 5.28. The Kier molecular flexibility index (Phi) is 13.1. The second-order valence-corrected chi connectivity index (χ2v) is 15.4. The van der Waals surface area contributed by atoms with Gasteiger partial charge in [0.25, 0.3) is 5.91 Å². The first-order valence-electron chi connectivity index (χ1n) is 20.3. The molecule has 17 nitrogen and oxygen atoms in total. The van der Waals surface area contributed by atoms with Crippen molar-refractivity contribution in [2.24, 2.45) is 5.92 Å². The van der Waals surface area contributed by atoms with E-state index in [9.17, 15) is 24.0 Å². The number of likely N-dealkylation sites (tertiary alicyclic amines) is 1. The predicted octanol–water partition coefficient (Wildman–Crippen LogP) is 5.45. The van der Waals surface area contributed by atoms with Gasteiger partial charge in [0.05, 0.1) is 56.8 Å². The summed E-state index contributed by atoms with van der Waals surface area (Å²) in [5.74, 6) is 6.82. The normalized spacial score (nSPS) is 17.2. The van der Waals surface area contributed by atoms with Gasteiger partial charge in [-0.2, -0.15) is 0 Å². The van der Waals surface area contributed by atoms with Crippen LogP contribution >= 0.6 is 0 Å². The molecule has 0 saturated carbocycles. The topological polar surface area (TPSA) is 204 Å². The molecule has 0 spiro atoms. The minimum Gasteiger partial charge on any atom is -0.453 e. The molecular formula is C45H49N9O8. The van der Waals surface area contributed by atoms with Crippen molar-refractivity contribution in [1.82, 2.24) is 45.3 Å². The van der Waals surface area contributed by atoms with Crippen LogP contribution in [-0.2, 0) is 23.8 Å². The molecule has 2 aliphatic heterocycles. The fraction of sp³-hybridized carbons (Fsp3) is 0.356. The Morgan fingerprint density at radius 3 is 2.16 bits per heavy atom. The fourth-order valence-corrected chi connectivity index (χ4v) is 7.84. The van der Waals surface area contributed by atoms with Crippen molar-refractivity contribution in [3.8, 4) is 23.1 Å². The zero-order chi connectivity index (χ0) is 43.9. The first-order chi connectivity index (χ1) is 30.0. The Labute approximate surface area is 358 Å². The number of rotatable bonds is 9. The quantitative estimate of drug-likeness (QED) is 0.109. The number of amides is 5. The van der Waals surface area contributed by atoms with Gasteiger partial charge >= 0.3 is 18.3 Å². The maximum absolute atomic E-state index is 13.9. The number of H-pyrrole nitrogens is 2. The first kappa shape index (κ1) is 42.8. The van der Waals surface area contributed by atoms with E-state index < -0.39 is 36.4 Å². The molecule has 17 heteroatoms. The number of aromatic amines is 2. The number of hydrogen-bond acceptors (Lipinski definition) is 10. The van der Waals surface area contributed by atoms with Crippen LogP contribution in [0.2, 0.25) is 0 Å². The van der Waals surface area contributed by atoms with Crippen LogP contribution in [0.5, 0.6) is 0 Å². The molecule has 4 atom stereocenters. The number of ether oxygens (including phenoxy) is 3. The van der Waals surface area contributed by atoms with Crippen molar-refractivity contribution in [1.29, 1.82) is 0 Å². The molecule has 0 bridgehead atoms. The second kappa shape index (κ2) is 18.9. The van der Waals surface area contributed by atoms with Crippen molar-refractivity contribution in [3.05, 3.63) is 107 Å². The summed E-state index contributed by atoms with van der Waals surface area (Å²) in [5, 5.41) is 5.34. The van der Waals surface area contributed by atoms with Crippen LogP contribution in [0.1, 0.15) is 73.2 Å². The molecule has 4 N–H and O–H groups in total. The zero-order valence-electron chi connectivity index (χ0n) is 35.1. The highest BCUT2D eigenvalue weighted by Crippen LogP contribution is 2.34. The Hall–Kier alpha value is -7.35. The summed E-state index contributed by atoms with van der Waals surface area (Å²) >= 11 is 0. The van der Waals surface area contributed by atoms with Crippen LogP contribution in [-0.4, -0.2) is 118 Å². The SMILES string of the molecule is COC(=O)N[C@H](C(=O)N1CCN(C(=O)OC)C[C@H]1c1ncc(-c2ccc(C#Cc3ccc4nc([C@@H]5CCCN5C(=O)[C@H](NC(=O)OC)c5ccccc5)[nH]c4c3)cc2)[nH]1)C(C)C. The van der Waals surface area contributed by atoms with E-state index in [1.165, 1.54) is 26.2 Å². The summed E-state index contributed by atoms with van der Waals surface area (Å²) in [4.78, 5) is 85.8. The van der Waals surface area contributed by atoms with Crippen LogP contribution in [0.4, 0.5) is 14.4 Å². The molecule has 5 amide bonds. The van der Waals surface area contributed by atoms with E-state index in [2.05, 4.69) is 37.4 Å². The molecule has 2 saturated heterocycles. The lowest BCUT2D eigenvalue weighted by Crippen LogP contribution is -2.58. The number of benzene rings is 3. The number of alkyl carbamates (subject to hydrolysis) is 2. The number of fused-ring (bicyclic) bond motifs is 1. The van der Waals surface area contributed by atoms with Crippen LogP contribution in [0.3, 0.4) is 0 Å². The zero-order valence-corrected chi connectivity index (χ0v) is 35.1. The first-order valence-corrected chi connectivity index (χ1v) is 20.3. The van der Waals surface area contributed by atoms with E-state index in [4.69, 9.17) is 19.2 Å². The Morgan fingerprint density at radius 1 is 0.758 bits per heavy atom. The summed E-state index contributed by atoms with van der Waals surface area (Å²) in [6.45, 7) is 4.78. The lowest BCUT2D eigenvalue weighted by molar-refractivity contribution is -0.139. The third-order valence-electron chi connectivity index (χ3n) is 11.1. The predicted molar refractivity (Wildman–Crippen MR) is 227 cm³/mol. The summed E-state index contributed by atoms with van der Waals surface area (Å²) in [6, 6.07) is 19.8. The molecule has 322 valence electrons. The van der Waals surface area contributed by atoms with Gasteiger partial charge in [-0.1, -0.05) is 68.2 Å². The van der Waals surface area contributed by atoms with Gasteiger partial charge in [0.15, 0.2) is 0 Å². The molecule has 5 aromatic rings. The van der Waals surface area contributed by atoms with Gasteiger partial charge in [0.1, 0.15) is 29.8 Å². The summed E-state index contributed by atoms with van der Waals surface area (Å²) in [6.07, 6.45) is 1.27. The minimum atomic E-state index is -0.908. The highest BCUT2D eigenvalue weighted by Gasteiger charge is 2.40. The van der Waals surface area contributed by atoms with E-state index in [0.29, 0.717) is 29.5 Å². The standard InChI is InChI=1S/C45H49N9O8/c1-27(2)37(50-43(57)60-3)41(55)54-23-22-52(45(59)62-5)26-36(54)39-46-25-34(49-39)30-18-15-28(16-19-30)13-14-29-17-20-32-33(24-29)48-40(47-32)35-12-9-21-53(35)42(56)38(51-44(58)61-4)31-10-7-6-8-11-31/h6-8,10-11,15-20,24-25,27,35-38H,9,12,21-23,26H2,1-5H3,(H,46,49)(H,47,48)(H,50,57)(H,51,58)/t35-,36-,37-,38+/m0/s1. The molecule has 0 aliphatic carbocycles. The van der Waals surface area contributed by atoms with Gasteiger partial charge < -0.3 is 49.5 Å². The van der Waals surface area contributed by atoms with Crippen molar-refractivity contribution < 1.29 is 38.2 Å². The average molecular weight is 844 g/mol. The van der Waals surface area contributed by atoms with Gasteiger partial charge in [-0.25, -0.2) is 24.4 Å². The molecule has 2 fully saturated rings. The summed E-state index contributed by atoms with van der Waals surface area (Å²) < 4.78 is 14.6. The van der Waals surface area contributed by atoms with E-state index in [1.807, 2.05) is 74.5 Å². The van der Waals surface area contributed by atoms with Gasteiger partial charge in [0, 0.05) is 30.8 Å². The van der Waals surface area contributed by atoms with Crippen molar-refractivity contribution in [2.75, 3.05) is 47.5 Å². The van der Waals surface area contributed by atoms with Crippen LogP contribution < -0.4 is 10.6 Å². The van der Waals surface area contributed by atoms with Gasteiger partial charge in [0.2, 0.25) is 5.91 Å². The molecule has 62 heavy (non-hydrogen) atoms. The molecule has 7 rings (SSSR count). The lowest BCUT2D eigenvalue weighted by Gasteiger charge is -2.41. The smallest absolute Gasteiger partial charge is 0.409 e. The number of aromatic nitrogens is 4. The van der Waals surface area contributed by atoms with E-state index in [1.54, 1.807) is 28.1 Å². The number of methoxy groups -OCH3 is 3. The lowest BCUT2D eigenvalue weighted by atomic mass is 10.0. The van der Waals surface area contributed by atoms with Crippen molar-refractivity contribution in [2.45, 2.75) is 50.9 Å². The maximum atomic E-state index is 13.9. The average Bonchev–Trinajstić information content (AvgIpc) is 4.09.